The molecule has 2 aliphatic heterocycles. The van der Waals surface area contributed by atoms with E-state index in [-0.39, 0.29) is 23.7 Å². The van der Waals surface area contributed by atoms with Crippen LogP contribution in [-0.2, 0) is 9.59 Å². The molecule has 146 valence electrons. The zero-order valence-electron chi connectivity index (χ0n) is 15.4. The highest BCUT2D eigenvalue weighted by atomic mass is 16.5. The molecule has 9 heteroatoms. The summed E-state index contributed by atoms with van der Waals surface area (Å²) in [5, 5.41) is 5.39. The van der Waals surface area contributed by atoms with Gasteiger partial charge in [0.2, 0.25) is 17.8 Å². The van der Waals surface area contributed by atoms with E-state index in [1.165, 1.54) is 7.11 Å². The lowest BCUT2D eigenvalue weighted by Gasteiger charge is -2.25. The molecule has 1 fully saturated rings. The average molecular weight is 383 g/mol. The van der Waals surface area contributed by atoms with Crippen LogP contribution in [0.25, 0.3) is 0 Å². The lowest BCUT2D eigenvalue weighted by Crippen LogP contribution is -2.37. The first-order chi connectivity index (χ1) is 13.5. The quantitative estimate of drug-likeness (QED) is 0.736. The van der Waals surface area contributed by atoms with Crippen LogP contribution in [0.3, 0.4) is 0 Å². The van der Waals surface area contributed by atoms with Crippen LogP contribution in [0.15, 0.2) is 29.1 Å². The molecule has 3 heterocycles. The van der Waals surface area contributed by atoms with Gasteiger partial charge in [-0.3, -0.25) is 19.4 Å². The molecular formula is C19H21N5O4. The van der Waals surface area contributed by atoms with Gasteiger partial charge in [-0.05, 0) is 25.0 Å². The van der Waals surface area contributed by atoms with Crippen molar-refractivity contribution in [1.82, 2.24) is 9.97 Å². The van der Waals surface area contributed by atoms with E-state index in [0.717, 1.165) is 25.9 Å². The van der Waals surface area contributed by atoms with Gasteiger partial charge in [-0.15, -0.1) is 0 Å². The Morgan fingerprint density at radius 2 is 2.07 bits per heavy atom. The van der Waals surface area contributed by atoms with Gasteiger partial charge in [0.15, 0.2) is 0 Å². The van der Waals surface area contributed by atoms with Crippen molar-refractivity contribution in [2.45, 2.75) is 25.2 Å². The predicted molar refractivity (Wildman–Crippen MR) is 104 cm³/mol. The Balaban J connectivity index is 1.64. The van der Waals surface area contributed by atoms with E-state index >= 15 is 0 Å². The number of aromatic nitrogens is 2. The summed E-state index contributed by atoms with van der Waals surface area (Å²) >= 11 is 0. The first-order valence-corrected chi connectivity index (χ1v) is 9.19. The van der Waals surface area contributed by atoms with Gasteiger partial charge in [0.25, 0.3) is 5.56 Å². The van der Waals surface area contributed by atoms with E-state index in [9.17, 15) is 14.4 Å². The van der Waals surface area contributed by atoms with E-state index in [1.54, 1.807) is 24.3 Å². The van der Waals surface area contributed by atoms with Crippen LogP contribution < -0.4 is 25.8 Å². The summed E-state index contributed by atoms with van der Waals surface area (Å²) in [5.74, 6) is -0.523. The van der Waals surface area contributed by atoms with Gasteiger partial charge in [-0.25, -0.2) is 0 Å². The molecule has 0 radical (unpaired) electrons. The molecule has 28 heavy (non-hydrogen) atoms. The van der Waals surface area contributed by atoms with Crippen LogP contribution in [0.4, 0.5) is 17.5 Å². The van der Waals surface area contributed by atoms with Crippen molar-refractivity contribution in [3.8, 4) is 5.75 Å². The number of benzene rings is 1. The van der Waals surface area contributed by atoms with E-state index in [2.05, 4.69) is 20.6 Å². The molecule has 1 aromatic heterocycles. The molecule has 0 aliphatic carbocycles. The second-order valence-electron chi connectivity index (χ2n) is 6.87. The van der Waals surface area contributed by atoms with E-state index in [1.807, 2.05) is 4.90 Å². The second-order valence-corrected chi connectivity index (χ2v) is 6.87. The average Bonchev–Trinajstić information content (AvgIpc) is 3.22. The number of ether oxygens (including phenoxy) is 1. The van der Waals surface area contributed by atoms with Gasteiger partial charge in [0.1, 0.15) is 11.6 Å². The minimum atomic E-state index is -0.918. The number of amides is 2. The smallest absolute Gasteiger partial charge is 0.258 e. The van der Waals surface area contributed by atoms with Crippen LogP contribution in [0, 0.1) is 0 Å². The van der Waals surface area contributed by atoms with Gasteiger partial charge in [-0.2, -0.15) is 4.98 Å². The lowest BCUT2D eigenvalue weighted by atomic mass is 9.92. The minimum Gasteiger partial charge on any atom is -0.497 e. The Hall–Kier alpha value is -3.36. The van der Waals surface area contributed by atoms with E-state index < -0.39 is 17.4 Å². The number of rotatable bonds is 4. The fraction of sp³-hybridized carbons (Fsp3) is 0.368. The van der Waals surface area contributed by atoms with E-state index in [0.29, 0.717) is 17.4 Å². The molecule has 1 unspecified atom stereocenters. The first-order valence-electron chi connectivity index (χ1n) is 9.19. The number of carbonyl (C=O) groups is 2. The number of anilines is 3. The molecule has 1 aromatic carbocycles. The number of nitrogens with one attached hydrogen (secondary N) is 3. The van der Waals surface area contributed by atoms with Crippen molar-refractivity contribution in [2.75, 3.05) is 35.7 Å². The fourth-order valence-electron chi connectivity index (χ4n) is 3.59. The van der Waals surface area contributed by atoms with Gasteiger partial charge in [0, 0.05) is 31.3 Å². The maximum atomic E-state index is 12.8. The van der Waals surface area contributed by atoms with Crippen LogP contribution >= 0.6 is 0 Å². The highest BCUT2D eigenvalue weighted by Crippen LogP contribution is 2.31. The molecular weight excluding hydrogens is 362 g/mol. The number of hydrogen-bond acceptors (Lipinski definition) is 6. The van der Waals surface area contributed by atoms with Crippen molar-refractivity contribution in [3.05, 3.63) is 40.2 Å². The van der Waals surface area contributed by atoms with Crippen LogP contribution in [-0.4, -0.2) is 42.0 Å². The highest BCUT2D eigenvalue weighted by Gasteiger charge is 2.35. The Bertz CT molecular complexity index is 981. The van der Waals surface area contributed by atoms with Gasteiger partial charge < -0.3 is 20.3 Å². The number of carbonyl (C=O) groups excluding carboxylic acids is 2. The van der Waals surface area contributed by atoms with Gasteiger partial charge in [0.05, 0.1) is 18.6 Å². The Labute approximate surface area is 161 Å². The topological polar surface area (TPSA) is 116 Å². The lowest BCUT2D eigenvalue weighted by molar-refractivity contribution is -0.123. The molecule has 1 saturated heterocycles. The zero-order valence-corrected chi connectivity index (χ0v) is 15.4. The molecule has 2 aromatic rings. The molecule has 0 spiro atoms. The summed E-state index contributed by atoms with van der Waals surface area (Å²) in [4.78, 5) is 46.9. The summed E-state index contributed by atoms with van der Waals surface area (Å²) in [5.41, 5.74) is 0.301. The maximum absolute atomic E-state index is 12.8. The third-order valence-corrected chi connectivity index (χ3v) is 5.00. The molecule has 9 nitrogen and oxygen atoms in total. The van der Waals surface area contributed by atoms with Crippen molar-refractivity contribution in [3.63, 3.8) is 0 Å². The number of aromatic amines is 1. The number of fused-ring (bicyclic) bond motifs is 1. The SMILES string of the molecule is COc1cccc(NC(=O)C2CC(=O)Nc3nc(N4CCCC4)[nH]c(=O)c32)c1. The monoisotopic (exact) mass is 383 g/mol. The molecule has 0 bridgehead atoms. The molecule has 4 rings (SSSR count). The van der Waals surface area contributed by atoms with Crippen molar-refractivity contribution >= 4 is 29.3 Å². The normalized spacial score (nSPS) is 18.4. The fourth-order valence-corrected chi connectivity index (χ4v) is 3.59. The van der Waals surface area contributed by atoms with Crippen molar-refractivity contribution in [1.29, 1.82) is 0 Å². The predicted octanol–water partition coefficient (Wildman–Crippen LogP) is 1.44. The van der Waals surface area contributed by atoms with Gasteiger partial charge >= 0.3 is 0 Å². The highest BCUT2D eigenvalue weighted by molar-refractivity contribution is 6.04. The van der Waals surface area contributed by atoms with Crippen molar-refractivity contribution in [2.24, 2.45) is 0 Å². The molecule has 2 amide bonds. The Kier molecular flexibility index (Phi) is 4.72. The summed E-state index contributed by atoms with van der Waals surface area (Å²) in [7, 11) is 1.53. The summed E-state index contributed by atoms with van der Waals surface area (Å²) in [6.45, 7) is 1.60. The Morgan fingerprint density at radius 3 is 2.82 bits per heavy atom. The molecule has 0 saturated carbocycles. The van der Waals surface area contributed by atoms with Crippen LogP contribution in [0.2, 0.25) is 0 Å². The third kappa shape index (κ3) is 3.42. The number of H-pyrrole nitrogens is 1. The number of hydrogen-bond donors (Lipinski definition) is 3. The van der Waals surface area contributed by atoms with Crippen LogP contribution in [0.1, 0.15) is 30.7 Å². The first kappa shape index (κ1) is 18.0. The number of methoxy groups -OCH3 is 1. The summed E-state index contributed by atoms with van der Waals surface area (Å²) in [6, 6.07) is 6.88. The van der Waals surface area contributed by atoms with Crippen molar-refractivity contribution < 1.29 is 14.3 Å². The minimum absolute atomic E-state index is 0.114. The molecule has 3 N–H and O–H groups in total. The zero-order chi connectivity index (χ0) is 19.7. The second kappa shape index (κ2) is 7.34. The summed E-state index contributed by atoms with van der Waals surface area (Å²) in [6.07, 6.45) is 1.94. The van der Waals surface area contributed by atoms with Crippen LogP contribution in [0.5, 0.6) is 5.75 Å². The number of nitrogens with zero attached hydrogens (tertiary/aromatic N) is 2. The standard InChI is InChI=1S/C19H21N5O4/c1-28-12-6-4-5-11(9-12)20-17(26)13-10-14(25)21-16-15(13)18(27)23-19(22-16)24-7-2-3-8-24/h4-6,9,13H,2-3,7-8,10H2,1H3,(H,20,26)(H2,21,22,23,25,27). The maximum Gasteiger partial charge on any atom is 0.258 e. The largest absolute Gasteiger partial charge is 0.497 e. The third-order valence-electron chi connectivity index (χ3n) is 5.00. The molecule has 2 aliphatic rings. The summed E-state index contributed by atoms with van der Waals surface area (Å²) < 4.78 is 5.15. The molecule has 1 atom stereocenters. The van der Waals surface area contributed by atoms with Gasteiger partial charge in [-0.1, -0.05) is 6.07 Å². The Morgan fingerprint density at radius 1 is 1.29 bits per heavy atom. The van der Waals surface area contributed by atoms with E-state index in [4.69, 9.17) is 4.74 Å².